The average molecular weight is 501 g/mol. The van der Waals surface area contributed by atoms with Crippen LogP contribution in [0.4, 0.5) is 36.7 Å². The Balaban J connectivity index is 1.41. The average Bonchev–Trinajstić information content (AvgIpc) is 2.87. The first-order chi connectivity index (χ1) is 17.2. The minimum atomic E-state index is -4.49. The molecule has 9 nitrogen and oxygen atoms in total. The summed E-state index contributed by atoms with van der Waals surface area (Å²) in [5, 5.41) is 8.61. The van der Waals surface area contributed by atoms with Crippen LogP contribution in [0.5, 0.6) is 0 Å². The van der Waals surface area contributed by atoms with Crippen LogP contribution in [0, 0.1) is 0 Å². The molecule has 1 aliphatic heterocycles. The summed E-state index contributed by atoms with van der Waals surface area (Å²) in [7, 11) is 3.80. The van der Waals surface area contributed by atoms with Crippen molar-refractivity contribution in [2.75, 3.05) is 55.8 Å². The van der Waals surface area contributed by atoms with Gasteiger partial charge >= 0.3 is 6.18 Å². The summed E-state index contributed by atoms with van der Waals surface area (Å²) in [6.07, 6.45) is -4.49. The molecule has 4 rings (SSSR count). The number of piperazine rings is 1. The van der Waals surface area contributed by atoms with Crippen molar-refractivity contribution in [3.63, 3.8) is 0 Å². The fourth-order valence-electron chi connectivity index (χ4n) is 3.74. The number of rotatable bonds is 7. The zero-order chi connectivity index (χ0) is 25.7. The smallest absolute Gasteiger partial charge is 0.357 e. The first kappa shape index (κ1) is 25.2. The van der Waals surface area contributed by atoms with Crippen LogP contribution in [0.15, 0.2) is 48.5 Å². The zero-order valence-electron chi connectivity index (χ0n) is 19.9. The van der Waals surface area contributed by atoms with Crippen molar-refractivity contribution in [1.29, 1.82) is 0 Å². The van der Waals surface area contributed by atoms with Crippen LogP contribution in [-0.4, -0.2) is 66.0 Å². The highest BCUT2D eigenvalue weighted by Crippen LogP contribution is 2.31. The summed E-state index contributed by atoms with van der Waals surface area (Å²) in [6.45, 7) is 3.20. The van der Waals surface area contributed by atoms with E-state index in [2.05, 4.69) is 47.7 Å². The van der Waals surface area contributed by atoms with Gasteiger partial charge in [0, 0.05) is 51.0 Å². The number of carbonyl (C=O) groups is 1. The van der Waals surface area contributed by atoms with Gasteiger partial charge in [-0.1, -0.05) is 18.2 Å². The summed E-state index contributed by atoms with van der Waals surface area (Å²) >= 11 is 0. The van der Waals surface area contributed by atoms with E-state index in [-0.39, 0.29) is 12.1 Å². The molecule has 12 heteroatoms. The lowest BCUT2D eigenvalue weighted by Gasteiger charge is -2.32. The van der Waals surface area contributed by atoms with E-state index in [1.807, 2.05) is 0 Å². The van der Waals surface area contributed by atoms with Gasteiger partial charge in [-0.25, -0.2) is 0 Å². The molecule has 0 spiro atoms. The Bertz CT molecular complexity index is 1190. The molecule has 0 aliphatic carbocycles. The number of benzene rings is 2. The van der Waals surface area contributed by atoms with E-state index in [4.69, 9.17) is 0 Å². The van der Waals surface area contributed by atoms with Gasteiger partial charge in [-0.3, -0.25) is 4.79 Å². The predicted molar refractivity (Wildman–Crippen MR) is 131 cm³/mol. The summed E-state index contributed by atoms with van der Waals surface area (Å²) in [6, 6.07) is 11.7. The molecule has 0 radical (unpaired) electrons. The maximum atomic E-state index is 13.2. The summed E-state index contributed by atoms with van der Waals surface area (Å²) < 4.78 is 39.5. The molecule has 1 amide bonds. The van der Waals surface area contributed by atoms with E-state index in [1.54, 1.807) is 31.3 Å². The van der Waals surface area contributed by atoms with Crippen molar-refractivity contribution in [3.8, 4) is 0 Å². The number of nitrogens with one attached hydrogen (secondary N) is 3. The second-order valence-electron chi connectivity index (χ2n) is 8.36. The van der Waals surface area contributed by atoms with Gasteiger partial charge < -0.3 is 25.8 Å². The highest BCUT2D eigenvalue weighted by molar-refractivity contribution is 5.94. The monoisotopic (exact) mass is 500 g/mol. The number of hydrogen-bond donors (Lipinski definition) is 3. The molecule has 1 aromatic heterocycles. The highest BCUT2D eigenvalue weighted by Gasteiger charge is 2.32. The Kier molecular flexibility index (Phi) is 7.53. The molecule has 2 aromatic carbocycles. The molecule has 36 heavy (non-hydrogen) atoms. The van der Waals surface area contributed by atoms with Crippen LogP contribution in [0.2, 0.25) is 0 Å². The number of anilines is 4. The van der Waals surface area contributed by atoms with Crippen molar-refractivity contribution in [1.82, 2.24) is 25.2 Å². The van der Waals surface area contributed by atoms with Crippen LogP contribution < -0.4 is 20.9 Å². The zero-order valence-corrected chi connectivity index (χ0v) is 19.9. The van der Waals surface area contributed by atoms with Crippen molar-refractivity contribution in [2.24, 2.45) is 0 Å². The van der Waals surface area contributed by atoms with Crippen LogP contribution in [0.3, 0.4) is 0 Å². The van der Waals surface area contributed by atoms with Gasteiger partial charge in [0.1, 0.15) is 0 Å². The number of likely N-dealkylation sites (N-methyl/N-ethyl adjacent to an activating group) is 1. The minimum absolute atomic E-state index is 0.00275. The molecule has 1 fully saturated rings. The molecule has 3 aromatic rings. The molecule has 1 saturated heterocycles. The number of amides is 1. The quantitative estimate of drug-likeness (QED) is 0.455. The SMILES string of the molecule is CNc1nc(Nc2ccc(C(=O)NCc3ccccc3C(F)(F)F)cc2)nc(N2CCN(C)CC2)n1. The molecule has 0 unspecified atom stereocenters. The highest BCUT2D eigenvalue weighted by atomic mass is 19.4. The normalized spacial score (nSPS) is 14.4. The van der Waals surface area contributed by atoms with Crippen molar-refractivity contribution in [3.05, 3.63) is 65.2 Å². The Hall–Kier alpha value is -3.93. The predicted octanol–water partition coefficient (Wildman–Crippen LogP) is 3.36. The second-order valence-corrected chi connectivity index (χ2v) is 8.36. The number of aromatic nitrogens is 3. The standard InChI is InChI=1S/C24H27F3N8O/c1-28-21-31-22(33-23(32-21)35-13-11-34(2)12-14-35)30-18-9-7-16(8-10-18)20(36)29-15-17-5-3-4-6-19(17)24(25,26)27/h3-10H,11-15H2,1-2H3,(H,29,36)(H2,28,30,31,32,33). The number of alkyl halides is 3. The molecule has 2 heterocycles. The van der Waals surface area contributed by atoms with Crippen molar-refractivity contribution < 1.29 is 18.0 Å². The van der Waals surface area contributed by atoms with E-state index < -0.39 is 17.6 Å². The largest absolute Gasteiger partial charge is 0.416 e. The van der Waals surface area contributed by atoms with Crippen molar-refractivity contribution in [2.45, 2.75) is 12.7 Å². The molecule has 3 N–H and O–H groups in total. The maximum Gasteiger partial charge on any atom is 0.416 e. The third kappa shape index (κ3) is 6.19. The lowest BCUT2D eigenvalue weighted by Crippen LogP contribution is -2.45. The van der Waals surface area contributed by atoms with Gasteiger partial charge in [0.25, 0.3) is 5.91 Å². The van der Waals surface area contributed by atoms with Crippen LogP contribution in [0.1, 0.15) is 21.5 Å². The summed E-state index contributed by atoms with van der Waals surface area (Å²) in [4.78, 5) is 30.2. The molecule has 190 valence electrons. The first-order valence-corrected chi connectivity index (χ1v) is 11.4. The third-order valence-electron chi connectivity index (χ3n) is 5.80. The Labute approximate surface area is 206 Å². The van der Waals surface area contributed by atoms with Gasteiger partial charge in [0.05, 0.1) is 5.56 Å². The molecule has 0 saturated carbocycles. The van der Waals surface area contributed by atoms with Gasteiger partial charge in [0.2, 0.25) is 17.8 Å². The van der Waals surface area contributed by atoms with Gasteiger partial charge in [-0.2, -0.15) is 28.1 Å². The Morgan fingerprint density at radius 2 is 1.61 bits per heavy atom. The minimum Gasteiger partial charge on any atom is -0.357 e. The number of hydrogen-bond acceptors (Lipinski definition) is 8. The fraction of sp³-hybridized carbons (Fsp3) is 0.333. The summed E-state index contributed by atoms with van der Waals surface area (Å²) in [5.41, 5.74) is 0.198. The van der Waals surface area contributed by atoms with Gasteiger partial charge in [0.15, 0.2) is 0 Å². The van der Waals surface area contributed by atoms with Gasteiger partial charge in [-0.15, -0.1) is 0 Å². The van der Waals surface area contributed by atoms with E-state index in [0.29, 0.717) is 29.1 Å². The van der Waals surface area contributed by atoms with Crippen LogP contribution >= 0.6 is 0 Å². The molecule has 1 aliphatic rings. The molecule has 0 atom stereocenters. The molecular weight excluding hydrogens is 473 g/mol. The number of halogens is 3. The van der Waals surface area contributed by atoms with E-state index >= 15 is 0 Å². The number of carbonyl (C=O) groups excluding carboxylic acids is 1. The molecular formula is C24H27F3N8O. The maximum absolute atomic E-state index is 13.2. The van der Waals surface area contributed by atoms with Crippen LogP contribution in [0.25, 0.3) is 0 Å². The van der Waals surface area contributed by atoms with E-state index in [9.17, 15) is 18.0 Å². The third-order valence-corrected chi connectivity index (χ3v) is 5.80. The summed E-state index contributed by atoms with van der Waals surface area (Å²) in [5.74, 6) is 0.870. The lowest BCUT2D eigenvalue weighted by atomic mass is 10.1. The molecule has 0 bridgehead atoms. The Morgan fingerprint density at radius 1 is 0.944 bits per heavy atom. The fourth-order valence-corrected chi connectivity index (χ4v) is 3.74. The van der Waals surface area contributed by atoms with Crippen molar-refractivity contribution >= 4 is 29.4 Å². The second kappa shape index (κ2) is 10.8. The van der Waals surface area contributed by atoms with Gasteiger partial charge in [-0.05, 0) is 42.9 Å². The lowest BCUT2D eigenvalue weighted by molar-refractivity contribution is -0.138. The van der Waals surface area contributed by atoms with E-state index in [0.717, 1.165) is 32.2 Å². The first-order valence-electron chi connectivity index (χ1n) is 11.4. The topological polar surface area (TPSA) is 98.3 Å². The van der Waals surface area contributed by atoms with E-state index in [1.165, 1.54) is 18.2 Å². The van der Waals surface area contributed by atoms with Crippen LogP contribution in [-0.2, 0) is 12.7 Å². The Morgan fingerprint density at radius 3 is 2.28 bits per heavy atom. The number of nitrogens with zero attached hydrogens (tertiary/aromatic N) is 5.